The molecule has 168 valence electrons. The molecule has 0 saturated heterocycles. The van der Waals surface area contributed by atoms with Gasteiger partial charge in [-0.15, -0.1) is 11.8 Å². The molecule has 0 bridgehead atoms. The molecule has 0 fully saturated rings. The van der Waals surface area contributed by atoms with Gasteiger partial charge in [0, 0.05) is 30.3 Å². The number of carboxylic acid groups (broad SMARTS) is 1. The maximum atomic E-state index is 12.4. The number of carboxylic acids is 1. The summed E-state index contributed by atoms with van der Waals surface area (Å²) in [6, 6.07) is 15.8. The van der Waals surface area contributed by atoms with Crippen LogP contribution in [-0.4, -0.2) is 42.3 Å². The Hall–Kier alpha value is -2.92. The van der Waals surface area contributed by atoms with Crippen molar-refractivity contribution in [2.45, 2.75) is 16.8 Å². The van der Waals surface area contributed by atoms with Crippen LogP contribution in [0.15, 0.2) is 71.9 Å². The van der Waals surface area contributed by atoms with E-state index in [-0.39, 0.29) is 27.7 Å². The molecule has 1 aromatic heterocycles. The van der Waals surface area contributed by atoms with E-state index < -0.39 is 16.0 Å². The zero-order chi connectivity index (χ0) is 21.8. The topological polar surface area (TPSA) is 137 Å². The van der Waals surface area contributed by atoms with E-state index in [1.807, 2.05) is 24.3 Å². The fraction of sp³-hybridized carbons (Fsp3) is 0.182. The quantitative estimate of drug-likeness (QED) is 0.502. The van der Waals surface area contributed by atoms with E-state index in [0.717, 1.165) is 16.7 Å². The van der Waals surface area contributed by atoms with Crippen molar-refractivity contribution in [1.29, 1.82) is 0 Å². The summed E-state index contributed by atoms with van der Waals surface area (Å²) in [5.74, 6) is 0.109. The summed E-state index contributed by atoms with van der Waals surface area (Å²) in [5.41, 5.74) is 3.00. The van der Waals surface area contributed by atoms with Crippen molar-refractivity contribution in [1.82, 2.24) is 9.71 Å². The molecule has 1 aliphatic rings. The Morgan fingerprint density at radius 3 is 2.72 bits per heavy atom. The standard InChI is InChI=1S/C22H20N2O5S2.H2O/c25-22(26)15-7-8-20-19(12-15)21(18-6-2-1-4-16(18)14-29-20)30-11-10-24-31(27,28)17-5-3-9-23-13-17;/h1-9,12-13,21,24H,10-11,14H2,(H,25,26);1H2. The van der Waals surface area contributed by atoms with Crippen LogP contribution in [0.1, 0.15) is 32.3 Å². The van der Waals surface area contributed by atoms with Crippen molar-refractivity contribution < 1.29 is 28.5 Å². The second kappa shape index (κ2) is 10.1. The molecule has 1 unspecified atom stereocenters. The van der Waals surface area contributed by atoms with Gasteiger partial charge < -0.3 is 15.3 Å². The predicted molar refractivity (Wildman–Crippen MR) is 122 cm³/mol. The number of thioether (sulfide) groups is 1. The summed E-state index contributed by atoms with van der Waals surface area (Å²) in [7, 11) is -3.64. The van der Waals surface area contributed by atoms with Gasteiger partial charge in [0.1, 0.15) is 17.3 Å². The van der Waals surface area contributed by atoms with E-state index in [1.165, 1.54) is 36.3 Å². The number of fused-ring (bicyclic) bond motifs is 2. The maximum absolute atomic E-state index is 12.4. The third-order valence-corrected chi connectivity index (χ3v) is 7.61. The van der Waals surface area contributed by atoms with E-state index in [9.17, 15) is 18.3 Å². The lowest BCUT2D eigenvalue weighted by molar-refractivity contribution is 0.0696. The van der Waals surface area contributed by atoms with Crippen LogP contribution in [0.25, 0.3) is 0 Å². The lowest BCUT2D eigenvalue weighted by Gasteiger charge is -2.19. The molecule has 1 aliphatic heterocycles. The third kappa shape index (κ3) is 5.10. The molecule has 8 nitrogen and oxygen atoms in total. The van der Waals surface area contributed by atoms with Gasteiger partial charge in [-0.1, -0.05) is 24.3 Å². The highest BCUT2D eigenvalue weighted by Gasteiger charge is 2.26. The molecule has 2 heterocycles. The fourth-order valence-corrected chi connectivity index (χ4v) is 5.74. The Bertz CT molecular complexity index is 1200. The fourth-order valence-electron chi connectivity index (χ4n) is 3.38. The van der Waals surface area contributed by atoms with E-state index in [4.69, 9.17) is 4.74 Å². The number of nitrogens with zero attached hydrogens (tertiary/aromatic N) is 1. The number of rotatable bonds is 7. The first-order valence-electron chi connectivity index (χ1n) is 9.55. The molecular formula is C22H22N2O6S2. The van der Waals surface area contributed by atoms with Crippen LogP contribution >= 0.6 is 11.8 Å². The lowest BCUT2D eigenvalue weighted by atomic mass is 9.98. The minimum atomic E-state index is -3.64. The average molecular weight is 475 g/mol. The number of benzene rings is 2. The maximum Gasteiger partial charge on any atom is 0.335 e. The van der Waals surface area contributed by atoms with Gasteiger partial charge in [-0.3, -0.25) is 4.98 Å². The van der Waals surface area contributed by atoms with Gasteiger partial charge in [-0.25, -0.2) is 17.9 Å². The van der Waals surface area contributed by atoms with Crippen molar-refractivity contribution in [2.75, 3.05) is 12.3 Å². The van der Waals surface area contributed by atoms with Crippen molar-refractivity contribution in [2.24, 2.45) is 0 Å². The van der Waals surface area contributed by atoms with Crippen molar-refractivity contribution in [3.05, 3.63) is 89.2 Å². The second-order valence-electron chi connectivity index (χ2n) is 6.88. The number of hydrogen-bond donors (Lipinski definition) is 2. The van der Waals surface area contributed by atoms with Crippen molar-refractivity contribution in [3.8, 4) is 5.75 Å². The Morgan fingerprint density at radius 2 is 1.97 bits per heavy atom. The molecular weight excluding hydrogens is 452 g/mol. The number of carbonyl (C=O) groups is 1. The van der Waals surface area contributed by atoms with Gasteiger partial charge in [-0.05, 0) is 41.5 Å². The van der Waals surface area contributed by atoms with Crippen LogP contribution in [0.2, 0.25) is 0 Å². The van der Waals surface area contributed by atoms with E-state index >= 15 is 0 Å². The molecule has 32 heavy (non-hydrogen) atoms. The first-order valence-corrected chi connectivity index (χ1v) is 12.1. The highest BCUT2D eigenvalue weighted by molar-refractivity contribution is 7.99. The molecule has 4 rings (SSSR count). The number of hydrogen-bond acceptors (Lipinski definition) is 6. The molecule has 0 aliphatic carbocycles. The summed E-state index contributed by atoms with van der Waals surface area (Å²) in [6.45, 7) is 0.607. The second-order valence-corrected chi connectivity index (χ2v) is 9.86. The number of pyridine rings is 1. The first kappa shape index (κ1) is 23.7. The van der Waals surface area contributed by atoms with E-state index in [2.05, 4.69) is 9.71 Å². The zero-order valence-electron chi connectivity index (χ0n) is 16.9. The molecule has 2 aromatic carbocycles. The van der Waals surface area contributed by atoms with Crippen LogP contribution in [0.5, 0.6) is 5.75 Å². The first-order chi connectivity index (χ1) is 15.0. The Labute approximate surface area is 190 Å². The number of ether oxygens (including phenoxy) is 1. The van der Waals surface area contributed by atoms with Crippen LogP contribution in [0.3, 0.4) is 0 Å². The SMILES string of the molecule is O.O=C(O)c1ccc2c(c1)C(SCCNS(=O)(=O)c1cccnc1)c1ccccc1CO2. The lowest BCUT2D eigenvalue weighted by Crippen LogP contribution is -2.26. The number of sulfonamides is 1. The molecule has 0 radical (unpaired) electrons. The van der Waals surface area contributed by atoms with Crippen molar-refractivity contribution in [3.63, 3.8) is 0 Å². The van der Waals surface area contributed by atoms with Crippen LogP contribution < -0.4 is 9.46 Å². The summed E-state index contributed by atoms with van der Waals surface area (Å²) >= 11 is 1.54. The van der Waals surface area contributed by atoms with Gasteiger partial charge in [0.2, 0.25) is 10.0 Å². The molecule has 0 amide bonds. The minimum Gasteiger partial charge on any atom is -0.489 e. The Balaban J connectivity index is 0.00000289. The predicted octanol–water partition coefficient (Wildman–Crippen LogP) is 2.65. The number of aromatic nitrogens is 1. The third-order valence-electron chi connectivity index (χ3n) is 4.88. The summed E-state index contributed by atoms with van der Waals surface area (Å²) in [5, 5.41) is 9.24. The normalized spacial score (nSPS) is 14.8. The number of aromatic carboxylic acids is 1. The van der Waals surface area contributed by atoms with Gasteiger partial charge >= 0.3 is 5.97 Å². The summed E-state index contributed by atoms with van der Waals surface area (Å²) in [4.78, 5) is 15.5. The highest BCUT2D eigenvalue weighted by Crippen LogP contribution is 2.44. The molecule has 0 spiro atoms. The Morgan fingerprint density at radius 1 is 1.16 bits per heavy atom. The van der Waals surface area contributed by atoms with E-state index in [0.29, 0.717) is 18.1 Å². The minimum absolute atomic E-state index is 0. The van der Waals surface area contributed by atoms with Gasteiger partial charge in [0.25, 0.3) is 0 Å². The largest absolute Gasteiger partial charge is 0.489 e. The molecule has 1 atom stereocenters. The monoisotopic (exact) mass is 474 g/mol. The smallest absolute Gasteiger partial charge is 0.335 e. The molecule has 10 heteroatoms. The summed E-state index contributed by atoms with van der Waals surface area (Å²) < 4.78 is 33.3. The van der Waals surface area contributed by atoms with Crippen LogP contribution in [-0.2, 0) is 16.6 Å². The van der Waals surface area contributed by atoms with E-state index in [1.54, 1.807) is 18.2 Å². The van der Waals surface area contributed by atoms with Crippen molar-refractivity contribution >= 4 is 27.8 Å². The zero-order valence-corrected chi connectivity index (χ0v) is 18.5. The van der Waals surface area contributed by atoms with Gasteiger partial charge in [0.05, 0.1) is 10.8 Å². The highest BCUT2D eigenvalue weighted by atomic mass is 32.2. The van der Waals surface area contributed by atoms with Gasteiger partial charge in [-0.2, -0.15) is 0 Å². The van der Waals surface area contributed by atoms with Gasteiger partial charge in [0.15, 0.2) is 0 Å². The molecule has 3 aromatic rings. The summed E-state index contributed by atoms with van der Waals surface area (Å²) in [6.07, 6.45) is 2.82. The Kier molecular flexibility index (Phi) is 7.52. The average Bonchev–Trinajstić information content (AvgIpc) is 2.94. The van der Waals surface area contributed by atoms with Crippen LogP contribution in [0, 0.1) is 0 Å². The number of nitrogens with one attached hydrogen (secondary N) is 1. The molecule has 4 N–H and O–H groups in total. The van der Waals surface area contributed by atoms with Crippen LogP contribution in [0.4, 0.5) is 0 Å². The molecule has 0 saturated carbocycles.